The molecule has 6 nitrogen and oxygen atoms in total. The first-order chi connectivity index (χ1) is 11.6. The van der Waals surface area contributed by atoms with E-state index in [0.29, 0.717) is 19.5 Å². The SMILES string of the molecule is COc1ccc(CN2CCCC(C)(NC(=O)OC(C)(C)C)C2=O)cc1. The fourth-order valence-electron chi connectivity index (χ4n) is 2.93. The minimum atomic E-state index is -0.937. The number of hydrogen-bond donors (Lipinski definition) is 1. The van der Waals surface area contributed by atoms with Gasteiger partial charge in [0.15, 0.2) is 0 Å². The van der Waals surface area contributed by atoms with Crippen LogP contribution in [-0.4, -0.2) is 41.7 Å². The first kappa shape index (κ1) is 19.1. The number of ether oxygens (including phenoxy) is 2. The molecule has 2 amide bonds. The van der Waals surface area contributed by atoms with Gasteiger partial charge in [0.2, 0.25) is 5.91 Å². The maximum atomic E-state index is 12.9. The van der Waals surface area contributed by atoms with Crippen LogP contribution in [0.1, 0.15) is 46.1 Å². The van der Waals surface area contributed by atoms with Crippen LogP contribution in [0.15, 0.2) is 24.3 Å². The lowest BCUT2D eigenvalue weighted by Crippen LogP contribution is -2.61. The van der Waals surface area contributed by atoms with Crippen molar-refractivity contribution in [2.24, 2.45) is 0 Å². The molecule has 2 rings (SSSR count). The highest BCUT2D eigenvalue weighted by Gasteiger charge is 2.41. The van der Waals surface area contributed by atoms with Crippen molar-refractivity contribution in [3.63, 3.8) is 0 Å². The third-order valence-corrected chi connectivity index (χ3v) is 4.17. The first-order valence-electron chi connectivity index (χ1n) is 8.56. The van der Waals surface area contributed by atoms with Crippen LogP contribution in [0, 0.1) is 0 Å². The minimum absolute atomic E-state index is 0.0829. The second-order valence-electron chi connectivity index (χ2n) is 7.64. The van der Waals surface area contributed by atoms with Gasteiger partial charge in [-0.1, -0.05) is 12.1 Å². The molecule has 25 heavy (non-hydrogen) atoms. The Labute approximate surface area is 149 Å². The third kappa shape index (κ3) is 5.11. The van der Waals surface area contributed by atoms with E-state index in [4.69, 9.17) is 9.47 Å². The molecule has 0 saturated carbocycles. The van der Waals surface area contributed by atoms with E-state index in [0.717, 1.165) is 17.7 Å². The van der Waals surface area contributed by atoms with Gasteiger partial charge in [0.25, 0.3) is 0 Å². The second-order valence-corrected chi connectivity index (χ2v) is 7.64. The van der Waals surface area contributed by atoms with Crippen molar-refractivity contribution in [1.29, 1.82) is 0 Å². The van der Waals surface area contributed by atoms with Crippen LogP contribution in [-0.2, 0) is 16.1 Å². The lowest BCUT2D eigenvalue weighted by Gasteiger charge is -2.40. The van der Waals surface area contributed by atoms with Crippen molar-refractivity contribution in [1.82, 2.24) is 10.2 Å². The van der Waals surface area contributed by atoms with Gasteiger partial charge in [0.1, 0.15) is 16.9 Å². The number of carbonyl (C=O) groups is 2. The van der Waals surface area contributed by atoms with Gasteiger partial charge >= 0.3 is 6.09 Å². The summed E-state index contributed by atoms with van der Waals surface area (Å²) < 4.78 is 10.5. The number of carbonyl (C=O) groups excluding carboxylic acids is 2. The zero-order chi connectivity index (χ0) is 18.7. The number of hydrogen-bond acceptors (Lipinski definition) is 4. The molecule has 0 radical (unpaired) electrons. The van der Waals surface area contributed by atoms with E-state index in [9.17, 15) is 9.59 Å². The molecule has 0 spiro atoms. The van der Waals surface area contributed by atoms with Crippen molar-refractivity contribution in [2.45, 2.75) is 58.2 Å². The molecule has 138 valence electrons. The van der Waals surface area contributed by atoms with Gasteiger partial charge in [0, 0.05) is 13.1 Å². The number of methoxy groups -OCH3 is 1. The number of nitrogens with zero attached hydrogens (tertiary/aromatic N) is 1. The van der Waals surface area contributed by atoms with E-state index in [1.807, 2.05) is 24.3 Å². The van der Waals surface area contributed by atoms with E-state index in [1.54, 1.807) is 39.7 Å². The Morgan fingerprint density at radius 3 is 2.48 bits per heavy atom. The predicted octanol–water partition coefficient (Wildman–Crippen LogP) is 3.10. The van der Waals surface area contributed by atoms with Crippen LogP contribution in [0.4, 0.5) is 4.79 Å². The topological polar surface area (TPSA) is 67.9 Å². The van der Waals surface area contributed by atoms with Crippen LogP contribution < -0.4 is 10.1 Å². The Balaban J connectivity index is 2.04. The third-order valence-electron chi connectivity index (χ3n) is 4.17. The van der Waals surface area contributed by atoms with Crippen molar-refractivity contribution in [2.75, 3.05) is 13.7 Å². The first-order valence-corrected chi connectivity index (χ1v) is 8.56. The Morgan fingerprint density at radius 2 is 1.92 bits per heavy atom. The molecule has 1 aromatic carbocycles. The Kier molecular flexibility index (Phi) is 5.60. The number of likely N-dealkylation sites (tertiary alicyclic amines) is 1. The fraction of sp³-hybridized carbons (Fsp3) is 0.579. The Hall–Kier alpha value is -2.24. The molecular weight excluding hydrogens is 320 g/mol. The predicted molar refractivity (Wildman–Crippen MR) is 95.4 cm³/mol. The Morgan fingerprint density at radius 1 is 1.28 bits per heavy atom. The number of alkyl carbamates (subject to hydrolysis) is 1. The van der Waals surface area contributed by atoms with E-state index in [2.05, 4.69) is 5.32 Å². The summed E-state index contributed by atoms with van der Waals surface area (Å²) in [4.78, 5) is 26.8. The number of amides is 2. The van der Waals surface area contributed by atoms with Crippen LogP contribution in [0.5, 0.6) is 5.75 Å². The minimum Gasteiger partial charge on any atom is -0.497 e. The highest BCUT2D eigenvalue weighted by Crippen LogP contribution is 2.25. The average molecular weight is 348 g/mol. The van der Waals surface area contributed by atoms with Gasteiger partial charge in [0.05, 0.1) is 7.11 Å². The normalized spacial score (nSPS) is 21.0. The molecule has 0 bridgehead atoms. The van der Waals surface area contributed by atoms with E-state index >= 15 is 0 Å². The molecule has 1 aliphatic heterocycles. The highest BCUT2D eigenvalue weighted by molar-refractivity contribution is 5.90. The summed E-state index contributed by atoms with van der Waals surface area (Å²) in [6.45, 7) is 8.35. The van der Waals surface area contributed by atoms with Gasteiger partial charge in [-0.3, -0.25) is 4.79 Å². The van der Waals surface area contributed by atoms with Crippen molar-refractivity contribution >= 4 is 12.0 Å². The highest BCUT2D eigenvalue weighted by atomic mass is 16.6. The molecular formula is C19H28N2O4. The molecule has 0 aromatic heterocycles. The van der Waals surface area contributed by atoms with Crippen LogP contribution >= 0.6 is 0 Å². The summed E-state index contributed by atoms with van der Waals surface area (Å²) in [7, 11) is 1.62. The van der Waals surface area contributed by atoms with Crippen molar-refractivity contribution in [3.05, 3.63) is 29.8 Å². The molecule has 1 unspecified atom stereocenters. The largest absolute Gasteiger partial charge is 0.497 e. The van der Waals surface area contributed by atoms with Crippen LogP contribution in [0.2, 0.25) is 0 Å². The average Bonchev–Trinajstić information content (AvgIpc) is 2.51. The second kappa shape index (κ2) is 7.33. The molecule has 1 aromatic rings. The number of benzene rings is 1. The van der Waals surface area contributed by atoms with Gasteiger partial charge in [-0.15, -0.1) is 0 Å². The Bertz CT molecular complexity index is 621. The van der Waals surface area contributed by atoms with Gasteiger partial charge < -0.3 is 19.7 Å². The monoisotopic (exact) mass is 348 g/mol. The standard InChI is InChI=1S/C19H28N2O4/c1-18(2,3)25-17(23)20-19(4)11-6-12-21(16(19)22)13-14-7-9-15(24-5)10-8-14/h7-10H,6,11-13H2,1-5H3,(H,20,23). The molecule has 1 heterocycles. The quantitative estimate of drug-likeness (QED) is 0.908. The molecule has 1 N–H and O–H groups in total. The summed E-state index contributed by atoms with van der Waals surface area (Å²) in [6, 6.07) is 7.64. The zero-order valence-electron chi connectivity index (χ0n) is 15.7. The molecule has 1 atom stereocenters. The lowest BCUT2D eigenvalue weighted by atomic mass is 9.90. The molecule has 1 fully saturated rings. The molecule has 1 aliphatic rings. The van der Waals surface area contributed by atoms with Crippen molar-refractivity contribution < 1.29 is 19.1 Å². The van der Waals surface area contributed by atoms with Crippen molar-refractivity contribution in [3.8, 4) is 5.75 Å². The zero-order valence-corrected chi connectivity index (χ0v) is 15.7. The van der Waals surface area contributed by atoms with E-state index < -0.39 is 17.2 Å². The summed E-state index contributed by atoms with van der Waals surface area (Å²) in [5.41, 5.74) is -0.510. The smallest absolute Gasteiger partial charge is 0.408 e. The molecule has 6 heteroatoms. The summed E-state index contributed by atoms with van der Waals surface area (Å²) >= 11 is 0. The maximum absolute atomic E-state index is 12.9. The van der Waals surface area contributed by atoms with Gasteiger partial charge in [-0.2, -0.15) is 0 Å². The fourth-order valence-corrected chi connectivity index (χ4v) is 2.93. The number of nitrogens with one attached hydrogen (secondary N) is 1. The van der Waals surface area contributed by atoms with E-state index in [-0.39, 0.29) is 5.91 Å². The number of rotatable bonds is 4. The summed E-state index contributed by atoms with van der Waals surface area (Å²) in [5.74, 6) is 0.700. The molecule has 1 saturated heterocycles. The number of piperidine rings is 1. The van der Waals surface area contributed by atoms with Gasteiger partial charge in [-0.05, 0) is 58.2 Å². The molecule has 0 aliphatic carbocycles. The summed E-state index contributed by atoms with van der Waals surface area (Å²) in [5, 5.41) is 2.76. The van der Waals surface area contributed by atoms with Crippen LogP contribution in [0.25, 0.3) is 0 Å². The maximum Gasteiger partial charge on any atom is 0.408 e. The van der Waals surface area contributed by atoms with Gasteiger partial charge in [-0.25, -0.2) is 4.79 Å². The van der Waals surface area contributed by atoms with Crippen LogP contribution in [0.3, 0.4) is 0 Å². The lowest BCUT2D eigenvalue weighted by molar-refractivity contribution is -0.141. The van der Waals surface area contributed by atoms with E-state index in [1.165, 1.54) is 0 Å². The summed E-state index contributed by atoms with van der Waals surface area (Å²) in [6.07, 6.45) is 0.868.